The van der Waals surface area contributed by atoms with Gasteiger partial charge in [-0.25, -0.2) is 0 Å². The Labute approximate surface area is 172 Å². The van der Waals surface area contributed by atoms with Crippen molar-refractivity contribution in [2.24, 2.45) is 0 Å². The van der Waals surface area contributed by atoms with Gasteiger partial charge in [-0.1, -0.05) is 16.8 Å². The molecule has 152 valence electrons. The lowest BCUT2D eigenvalue weighted by Crippen LogP contribution is -2.33. The van der Waals surface area contributed by atoms with Gasteiger partial charge in [0.15, 0.2) is 11.5 Å². The van der Waals surface area contributed by atoms with E-state index in [2.05, 4.69) is 15.5 Å². The van der Waals surface area contributed by atoms with Crippen LogP contribution in [0.1, 0.15) is 23.2 Å². The first-order valence-electron chi connectivity index (χ1n) is 8.82. The van der Waals surface area contributed by atoms with E-state index in [-0.39, 0.29) is 24.3 Å². The molecule has 0 radical (unpaired) electrons. The number of pyridine rings is 1. The largest absolute Gasteiger partial charge is 0.497 e. The number of amides is 1. The van der Waals surface area contributed by atoms with Crippen LogP contribution in [0.3, 0.4) is 0 Å². The van der Waals surface area contributed by atoms with Gasteiger partial charge in [-0.15, -0.1) is 0 Å². The van der Waals surface area contributed by atoms with Gasteiger partial charge in [0.2, 0.25) is 0 Å². The molecular weight excluding hydrogens is 398 g/mol. The van der Waals surface area contributed by atoms with Crippen LogP contribution in [0.4, 0.5) is 0 Å². The second kappa shape index (κ2) is 9.79. The minimum Gasteiger partial charge on any atom is -0.497 e. The Bertz CT molecular complexity index is 948. The minimum absolute atomic E-state index is 0.0762. The lowest BCUT2D eigenvalue weighted by atomic mass is 10.3. The summed E-state index contributed by atoms with van der Waals surface area (Å²) < 4.78 is 21.5. The first kappa shape index (κ1) is 20.5. The second-order valence-corrected chi connectivity index (χ2v) is 6.50. The van der Waals surface area contributed by atoms with Crippen molar-refractivity contribution >= 4 is 17.5 Å². The molecule has 0 aliphatic rings. The molecule has 0 saturated carbocycles. The number of carbonyl (C=O) groups excluding carboxylic acids is 1. The minimum atomic E-state index is -0.371. The topological polar surface area (TPSA) is 95.7 Å². The molecule has 3 rings (SSSR count). The molecule has 0 spiro atoms. The molecule has 0 bridgehead atoms. The van der Waals surface area contributed by atoms with Gasteiger partial charge in [0, 0.05) is 18.3 Å². The Kier molecular flexibility index (Phi) is 6.91. The van der Waals surface area contributed by atoms with Crippen LogP contribution in [0.15, 0.2) is 53.3 Å². The van der Waals surface area contributed by atoms with Crippen LogP contribution in [-0.2, 0) is 6.61 Å². The van der Waals surface area contributed by atoms with Gasteiger partial charge < -0.3 is 24.1 Å². The van der Waals surface area contributed by atoms with E-state index in [1.807, 2.05) is 6.92 Å². The number of benzene rings is 1. The molecule has 2 heterocycles. The molecule has 1 atom stereocenters. The molecule has 0 aliphatic carbocycles. The zero-order chi connectivity index (χ0) is 20.6. The molecule has 0 fully saturated rings. The molecule has 8 nitrogen and oxygen atoms in total. The van der Waals surface area contributed by atoms with E-state index < -0.39 is 0 Å². The van der Waals surface area contributed by atoms with Gasteiger partial charge in [-0.2, -0.15) is 0 Å². The van der Waals surface area contributed by atoms with E-state index in [1.165, 1.54) is 6.07 Å². The summed E-state index contributed by atoms with van der Waals surface area (Å²) in [4.78, 5) is 16.2. The van der Waals surface area contributed by atoms with Crippen molar-refractivity contribution in [3.63, 3.8) is 0 Å². The van der Waals surface area contributed by atoms with Crippen molar-refractivity contribution in [2.75, 3.05) is 13.7 Å². The van der Waals surface area contributed by atoms with Gasteiger partial charge in [0.1, 0.15) is 30.0 Å². The average molecular weight is 418 g/mol. The van der Waals surface area contributed by atoms with Crippen molar-refractivity contribution in [3.8, 4) is 17.2 Å². The summed E-state index contributed by atoms with van der Waals surface area (Å²) in [5.74, 6) is 1.75. The number of hydrogen-bond donors (Lipinski definition) is 1. The number of rotatable bonds is 9. The summed E-state index contributed by atoms with van der Waals surface area (Å²) in [7, 11) is 1.55. The molecule has 1 N–H and O–H groups in total. The van der Waals surface area contributed by atoms with Gasteiger partial charge >= 0.3 is 0 Å². The lowest BCUT2D eigenvalue weighted by molar-refractivity contribution is 0.0922. The van der Waals surface area contributed by atoms with E-state index in [1.54, 1.807) is 49.8 Å². The molecular formula is C20H20ClN3O5. The highest BCUT2D eigenvalue weighted by molar-refractivity contribution is 6.32. The van der Waals surface area contributed by atoms with Gasteiger partial charge in [0.05, 0.1) is 24.9 Å². The summed E-state index contributed by atoms with van der Waals surface area (Å²) >= 11 is 6.13. The third kappa shape index (κ3) is 5.86. The zero-order valence-electron chi connectivity index (χ0n) is 15.9. The number of halogens is 1. The van der Waals surface area contributed by atoms with Crippen molar-refractivity contribution in [1.29, 1.82) is 0 Å². The van der Waals surface area contributed by atoms with Crippen LogP contribution < -0.4 is 19.5 Å². The number of nitrogens with one attached hydrogen (secondary N) is 1. The normalized spacial score (nSPS) is 11.6. The predicted octanol–water partition coefficient (Wildman–Crippen LogP) is 3.51. The Hall–Kier alpha value is -3.26. The van der Waals surface area contributed by atoms with Crippen LogP contribution in [-0.4, -0.2) is 35.8 Å². The first-order valence-corrected chi connectivity index (χ1v) is 9.19. The van der Waals surface area contributed by atoms with Crippen LogP contribution in [0.25, 0.3) is 0 Å². The number of carbonyl (C=O) groups is 1. The van der Waals surface area contributed by atoms with E-state index in [0.29, 0.717) is 34.6 Å². The third-order valence-corrected chi connectivity index (χ3v) is 4.12. The smallest absolute Gasteiger partial charge is 0.273 e. The summed E-state index contributed by atoms with van der Waals surface area (Å²) in [6.45, 7) is 2.22. The van der Waals surface area contributed by atoms with Crippen molar-refractivity contribution in [3.05, 3.63) is 65.3 Å². The number of nitrogens with zero attached hydrogens (tertiary/aromatic N) is 2. The Balaban J connectivity index is 1.48. The van der Waals surface area contributed by atoms with E-state index >= 15 is 0 Å². The average Bonchev–Trinajstić information content (AvgIpc) is 3.21. The molecule has 0 unspecified atom stereocenters. The molecule has 9 heteroatoms. The van der Waals surface area contributed by atoms with E-state index in [4.69, 9.17) is 30.3 Å². The third-order valence-electron chi connectivity index (χ3n) is 3.82. The monoisotopic (exact) mass is 417 g/mol. The maximum absolute atomic E-state index is 12.2. The van der Waals surface area contributed by atoms with E-state index in [9.17, 15) is 4.79 Å². The van der Waals surface area contributed by atoms with Crippen molar-refractivity contribution < 1.29 is 23.5 Å². The van der Waals surface area contributed by atoms with Crippen LogP contribution in [0.5, 0.6) is 17.2 Å². The van der Waals surface area contributed by atoms with Crippen molar-refractivity contribution in [2.45, 2.75) is 19.6 Å². The fourth-order valence-corrected chi connectivity index (χ4v) is 2.61. The molecule has 0 aliphatic heterocycles. The Morgan fingerprint density at radius 1 is 1.28 bits per heavy atom. The van der Waals surface area contributed by atoms with Gasteiger partial charge in [0.25, 0.3) is 5.91 Å². The number of hydrogen-bond acceptors (Lipinski definition) is 7. The zero-order valence-corrected chi connectivity index (χ0v) is 16.7. The highest BCUT2D eigenvalue weighted by atomic mass is 35.5. The van der Waals surface area contributed by atoms with Crippen LogP contribution in [0.2, 0.25) is 5.02 Å². The molecule has 29 heavy (non-hydrogen) atoms. The van der Waals surface area contributed by atoms with Crippen molar-refractivity contribution in [1.82, 2.24) is 15.5 Å². The number of ether oxygens (including phenoxy) is 3. The predicted molar refractivity (Wildman–Crippen MR) is 105 cm³/mol. The second-order valence-electron chi connectivity index (χ2n) is 6.09. The Morgan fingerprint density at radius 3 is 2.86 bits per heavy atom. The summed E-state index contributed by atoms with van der Waals surface area (Å²) in [6, 6.07) is 10.2. The molecule has 3 aromatic rings. The summed E-state index contributed by atoms with van der Waals surface area (Å²) in [6.07, 6.45) is 3.03. The molecule has 2 aromatic heterocycles. The highest BCUT2D eigenvalue weighted by Crippen LogP contribution is 2.29. The Morgan fingerprint density at radius 2 is 2.14 bits per heavy atom. The maximum Gasteiger partial charge on any atom is 0.273 e. The van der Waals surface area contributed by atoms with E-state index in [0.717, 1.165) is 0 Å². The summed E-state index contributed by atoms with van der Waals surface area (Å²) in [5.41, 5.74) is 0.151. The number of aromatic nitrogens is 2. The standard InChI is InChI=1S/C20H20ClN3O5/c1-13(28-15-4-3-7-22-11-15)10-23-20(25)18-9-16(29-24-18)12-27-19-6-5-14(26-2)8-17(19)21/h3-9,11,13H,10,12H2,1-2H3,(H,23,25)/t13-/m1/s1. The fourth-order valence-electron chi connectivity index (χ4n) is 2.38. The van der Waals surface area contributed by atoms with Crippen LogP contribution in [0, 0.1) is 0 Å². The molecule has 1 aromatic carbocycles. The highest BCUT2D eigenvalue weighted by Gasteiger charge is 2.15. The molecule has 0 saturated heterocycles. The fraction of sp³-hybridized carbons (Fsp3) is 0.250. The molecule has 1 amide bonds. The SMILES string of the molecule is COc1ccc(OCc2cc(C(=O)NC[C@@H](C)Oc3cccnc3)no2)c(Cl)c1. The van der Waals surface area contributed by atoms with Crippen LogP contribution >= 0.6 is 11.6 Å². The quantitative estimate of drug-likeness (QED) is 0.569. The first-order chi connectivity index (χ1) is 14.0. The lowest BCUT2D eigenvalue weighted by Gasteiger charge is -2.14. The van der Waals surface area contributed by atoms with Gasteiger partial charge in [-0.3, -0.25) is 9.78 Å². The van der Waals surface area contributed by atoms with Gasteiger partial charge in [-0.05, 0) is 31.2 Å². The number of methoxy groups -OCH3 is 1. The summed E-state index contributed by atoms with van der Waals surface area (Å²) in [5, 5.41) is 6.92. The maximum atomic E-state index is 12.2.